The van der Waals surface area contributed by atoms with E-state index in [-0.39, 0.29) is 15.8 Å². The first kappa shape index (κ1) is 13.8. The summed E-state index contributed by atoms with van der Waals surface area (Å²) in [7, 11) is 0. The highest BCUT2D eigenvalue weighted by Crippen LogP contribution is 2.39. The highest BCUT2D eigenvalue weighted by molar-refractivity contribution is 8.00. The molecule has 1 aliphatic carbocycles. The summed E-state index contributed by atoms with van der Waals surface area (Å²) < 4.78 is 13.5. The van der Waals surface area contributed by atoms with Gasteiger partial charge < -0.3 is 5.11 Å². The number of benzene rings is 1. The number of carbonyl (C=O) groups is 1. The molecule has 1 aliphatic rings. The zero-order chi connectivity index (χ0) is 14.0. The third-order valence-electron chi connectivity index (χ3n) is 3.07. The summed E-state index contributed by atoms with van der Waals surface area (Å²) in [5.41, 5.74) is -0.884. The number of hydrogen-bond acceptors (Lipinski definition) is 4. The second-order valence-corrected chi connectivity index (χ2v) is 5.73. The van der Waals surface area contributed by atoms with Crippen molar-refractivity contribution in [2.45, 2.75) is 35.8 Å². The average Bonchev–Trinajstić information content (AvgIpc) is 2.83. The van der Waals surface area contributed by atoms with E-state index >= 15 is 0 Å². The number of rotatable bonds is 4. The van der Waals surface area contributed by atoms with Gasteiger partial charge in [0.1, 0.15) is 5.82 Å². The summed E-state index contributed by atoms with van der Waals surface area (Å²) in [6, 6.07) is 1.76. The third kappa shape index (κ3) is 3.04. The van der Waals surface area contributed by atoms with Crippen LogP contribution in [0.4, 0.5) is 10.1 Å². The first-order valence-corrected chi connectivity index (χ1v) is 6.75. The number of thioether (sulfide) groups is 1. The maximum Gasteiger partial charge on any atom is 0.338 e. The zero-order valence-corrected chi connectivity index (χ0v) is 10.8. The number of carboxylic acid groups (broad SMARTS) is 1. The number of nitro groups is 1. The second-order valence-electron chi connectivity index (χ2n) is 4.39. The van der Waals surface area contributed by atoms with Crippen molar-refractivity contribution in [3.05, 3.63) is 33.6 Å². The van der Waals surface area contributed by atoms with Gasteiger partial charge in [-0.15, -0.1) is 11.8 Å². The van der Waals surface area contributed by atoms with Gasteiger partial charge >= 0.3 is 5.97 Å². The van der Waals surface area contributed by atoms with Crippen LogP contribution >= 0.6 is 11.8 Å². The summed E-state index contributed by atoms with van der Waals surface area (Å²) in [6.07, 6.45) is 4.03. The Morgan fingerprint density at radius 2 is 2.05 bits per heavy atom. The lowest BCUT2D eigenvalue weighted by molar-refractivity contribution is -0.387. The van der Waals surface area contributed by atoms with Crippen molar-refractivity contribution in [3.8, 4) is 0 Å². The summed E-state index contributed by atoms with van der Waals surface area (Å²) in [5, 5.41) is 20.0. The summed E-state index contributed by atoms with van der Waals surface area (Å²) >= 11 is 1.27. The van der Waals surface area contributed by atoms with Crippen molar-refractivity contribution in [2.24, 2.45) is 0 Å². The van der Waals surface area contributed by atoms with E-state index in [0.29, 0.717) is 6.07 Å². The van der Waals surface area contributed by atoms with Crippen molar-refractivity contribution in [1.82, 2.24) is 0 Å². The monoisotopic (exact) mass is 285 g/mol. The Morgan fingerprint density at radius 3 is 2.58 bits per heavy atom. The molecule has 0 atom stereocenters. The van der Waals surface area contributed by atoms with Gasteiger partial charge in [0, 0.05) is 5.25 Å². The summed E-state index contributed by atoms with van der Waals surface area (Å²) in [5.74, 6) is -2.49. The van der Waals surface area contributed by atoms with Gasteiger partial charge in [-0.05, 0) is 18.9 Å². The molecule has 0 amide bonds. The molecule has 1 N–H and O–H groups in total. The first-order valence-electron chi connectivity index (χ1n) is 5.87. The average molecular weight is 285 g/mol. The standard InChI is InChI=1S/C12H12FNO4S/c13-9-6-10(14(17)18)11(5-8(9)12(15)16)19-7-3-1-2-4-7/h5-7H,1-4H2,(H,15,16). The normalized spacial score (nSPS) is 15.6. The van der Waals surface area contributed by atoms with E-state index in [1.54, 1.807) is 0 Å². The smallest absolute Gasteiger partial charge is 0.338 e. The molecular formula is C12H12FNO4S. The minimum atomic E-state index is -1.42. The Labute approximate surface area is 113 Å². The Bertz CT molecular complexity index is 529. The first-order chi connectivity index (χ1) is 8.99. The third-order valence-corrected chi connectivity index (χ3v) is 4.46. The molecule has 2 rings (SSSR count). The molecule has 0 spiro atoms. The zero-order valence-electron chi connectivity index (χ0n) is 9.97. The molecule has 0 bridgehead atoms. The van der Waals surface area contributed by atoms with Crippen molar-refractivity contribution in [2.75, 3.05) is 0 Å². The lowest BCUT2D eigenvalue weighted by Gasteiger charge is -2.10. The van der Waals surface area contributed by atoms with Gasteiger partial charge in [0.05, 0.1) is 21.4 Å². The molecule has 0 saturated heterocycles. The number of nitro benzene ring substituents is 1. The summed E-state index contributed by atoms with van der Waals surface area (Å²) in [6.45, 7) is 0. The van der Waals surface area contributed by atoms with Crippen LogP contribution in [0.3, 0.4) is 0 Å². The molecule has 0 heterocycles. The van der Waals surface area contributed by atoms with Crippen LogP contribution in [0.5, 0.6) is 0 Å². The molecule has 0 aromatic heterocycles. The minimum Gasteiger partial charge on any atom is -0.478 e. The van der Waals surface area contributed by atoms with E-state index < -0.39 is 22.3 Å². The number of carboxylic acids is 1. The van der Waals surface area contributed by atoms with Crippen LogP contribution < -0.4 is 0 Å². The predicted molar refractivity (Wildman–Crippen MR) is 68.1 cm³/mol. The highest BCUT2D eigenvalue weighted by atomic mass is 32.2. The van der Waals surface area contributed by atoms with Gasteiger partial charge in [0.15, 0.2) is 0 Å². The minimum absolute atomic E-state index is 0.232. The largest absolute Gasteiger partial charge is 0.478 e. The van der Waals surface area contributed by atoms with E-state index in [2.05, 4.69) is 0 Å². The molecule has 0 aliphatic heterocycles. The van der Waals surface area contributed by atoms with Crippen LogP contribution in [0.1, 0.15) is 36.0 Å². The van der Waals surface area contributed by atoms with E-state index in [9.17, 15) is 19.3 Å². The Hall–Kier alpha value is -1.63. The van der Waals surface area contributed by atoms with Crippen LogP contribution in [0.15, 0.2) is 17.0 Å². The fraction of sp³-hybridized carbons (Fsp3) is 0.417. The number of hydrogen-bond donors (Lipinski definition) is 1. The fourth-order valence-corrected chi connectivity index (χ4v) is 3.50. The van der Waals surface area contributed by atoms with E-state index in [1.165, 1.54) is 11.8 Å². The van der Waals surface area contributed by atoms with Crippen LogP contribution in [0.25, 0.3) is 0 Å². The maximum atomic E-state index is 13.5. The van der Waals surface area contributed by atoms with Gasteiger partial charge in [0.2, 0.25) is 0 Å². The van der Waals surface area contributed by atoms with Gasteiger partial charge in [-0.2, -0.15) is 0 Å². The van der Waals surface area contributed by atoms with Crippen LogP contribution in [-0.4, -0.2) is 21.2 Å². The number of halogens is 1. The highest BCUT2D eigenvalue weighted by Gasteiger charge is 2.25. The lowest BCUT2D eigenvalue weighted by Crippen LogP contribution is -2.04. The number of nitrogens with zero attached hydrogens (tertiary/aromatic N) is 1. The van der Waals surface area contributed by atoms with Gasteiger partial charge in [0.25, 0.3) is 5.69 Å². The van der Waals surface area contributed by atoms with Crippen LogP contribution in [0.2, 0.25) is 0 Å². The molecule has 1 fully saturated rings. The molecule has 102 valence electrons. The van der Waals surface area contributed by atoms with Crippen molar-refractivity contribution >= 4 is 23.4 Å². The quantitative estimate of drug-likeness (QED) is 0.676. The number of aromatic carboxylic acids is 1. The molecule has 19 heavy (non-hydrogen) atoms. The van der Waals surface area contributed by atoms with Crippen LogP contribution in [0, 0.1) is 15.9 Å². The van der Waals surface area contributed by atoms with Crippen molar-refractivity contribution < 1.29 is 19.2 Å². The Morgan fingerprint density at radius 1 is 1.42 bits per heavy atom. The van der Waals surface area contributed by atoms with E-state index in [0.717, 1.165) is 31.7 Å². The van der Waals surface area contributed by atoms with Crippen molar-refractivity contribution in [1.29, 1.82) is 0 Å². The van der Waals surface area contributed by atoms with Gasteiger partial charge in [-0.1, -0.05) is 12.8 Å². The molecule has 0 unspecified atom stereocenters. The van der Waals surface area contributed by atoms with Gasteiger partial charge in [-0.3, -0.25) is 10.1 Å². The Balaban J connectivity index is 2.39. The maximum absolute atomic E-state index is 13.5. The molecule has 0 radical (unpaired) electrons. The molecule has 7 heteroatoms. The predicted octanol–water partition coefficient (Wildman–Crippen LogP) is 3.47. The molecule has 1 aromatic rings. The van der Waals surface area contributed by atoms with Crippen molar-refractivity contribution in [3.63, 3.8) is 0 Å². The molecule has 5 nitrogen and oxygen atoms in total. The Kier molecular flexibility index (Phi) is 4.04. The lowest BCUT2D eigenvalue weighted by atomic mass is 10.2. The molecule has 1 aromatic carbocycles. The van der Waals surface area contributed by atoms with E-state index in [1.807, 2.05) is 0 Å². The fourth-order valence-electron chi connectivity index (χ4n) is 2.13. The summed E-state index contributed by atoms with van der Waals surface area (Å²) in [4.78, 5) is 21.3. The topological polar surface area (TPSA) is 80.4 Å². The second kappa shape index (κ2) is 5.56. The molecular weight excluding hydrogens is 273 g/mol. The van der Waals surface area contributed by atoms with E-state index in [4.69, 9.17) is 5.11 Å². The molecule has 1 saturated carbocycles. The van der Waals surface area contributed by atoms with Gasteiger partial charge in [-0.25, -0.2) is 9.18 Å². The van der Waals surface area contributed by atoms with Crippen LogP contribution in [-0.2, 0) is 0 Å². The SMILES string of the molecule is O=C(O)c1cc(SC2CCCC2)c([N+](=O)[O-])cc1F.